The quantitative estimate of drug-likeness (QED) is 0.333. The van der Waals surface area contributed by atoms with Crippen LogP contribution in [0.3, 0.4) is 0 Å². The number of halogens is 1. The first kappa shape index (κ1) is 18.8. The Morgan fingerprint density at radius 1 is 1.03 bits per heavy atom. The lowest BCUT2D eigenvalue weighted by molar-refractivity contribution is 0.104. The van der Waals surface area contributed by atoms with Crippen molar-refractivity contribution in [3.8, 4) is 16.9 Å². The molecule has 4 nitrogen and oxygen atoms in total. The molecule has 2 aliphatic carbocycles. The molecule has 0 aliphatic heterocycles. The van der Waals surface area contributed by atoms with E-state index in [1.165, 1.54) is 25.7 Å². The molecule has 0 unspecified atom stereocenters. The van der Waals surface area contributed by atoms with Crippen molar-refractivity contribution in [2.75, 3.05) is 0 Å². The Balaban J connectivity index is 1.54. The fraction of sp³-hybridized carbons (Fsp3) is 0.269. The summed E-state index contributed by atoms with van der Waals surface area (Å²) in [6, 6.07) is 15.6. The summed E-state index contributed by atoms with van der Waals surface area (Å²) in [4.78, 5) is 17.9. The molecule has 5 heteroatoms. The van der Waals surface area contributed by atoms with Crippen LogP contribution in [0.2, 0.25) is 5.02 Å². The van der Waals surface area contributed by atoms with Crippen molar-refractivity contribution in [1.29, 1.82) is 0 Å². The number of hydrogen-bond acceptors (Lipinski definition) is 3. The van der Waals surface area contributed by atoms with Crippen molar-refractivity contribution in [1.82, 2.24) is 14.8 Å². The highest BCUT2D eigenvalue weighted by molar-refractivity contribution is 6.31. The number of hydrogen-bond donors (Lipinski definition) is 0. The van der Waals surface area contributed by atoms with Crippen molar-refractivity contribution < 1.29 is 4.79 Å². The Morgan fingerprint density at radius 3 is 2.68 bits per heavy atom. The Labute approximate surface area is 185 Å². The van der Waals surface area contributed by atoms with Crippen LogP contribution in [0, 0.1) is 5.92 Å². The molecule has 2 heterocycles. The maximum absolute atomic E-state index is 13.4. The van der Waals surface area contributed by atoms with Gasteiger partial charge in [-0.25, -0.2) is 4.68 Å². The van der Waals surface area contributed by atoms with Gasteiger partial charge in [-0.3, -0.25) is 9.78 Å². The van der Waals surface area contributed by atoms with Gasteiger partial charge in [0.2, 0.25) is 0 Å². The van der Waals surface area contributed by atoms with E-state index < -0.39 is 0 Å². The summed E-state index contributed by atoms with van der Waals surface area (Å²) in [5.74, 6) is 0.850. The van der Waals surface area contributed by atoms with Crippen LogP contribution in [0.25, 0.3) is 27.8 Å². The molecule has 1 saturated carbocycles. The number of rotatable bonds is 4. The average molecular weight is 428 g/mol. The van der Waals surface area contributed by atoms with Gasteiger partial charge in [0.15, 0.2) is 5.78 Å². The molecule has 6 rings (SSSR count). The highest BCUT2D eigenvalue weighted by atomic mass is 35.5. The summed E-state index contributed by atoms with van der Waals surface area (Å²) in [6.07, 6.45) is 8.97. The SMILES string of the molecule is O=C1c2ccccc2-c2c1c(CCC1CCCC1)nn2-c1ccnc2cc(Cl)ccc12. The van der Waals surface area contributed by atoms with Gasteiger partial charge in [0.1, 0.15) is 0 Å². The van der Waals surface area contributed by atoms with E-state index in [0.717, 1.165) is 63.4 Å². The monoisotopic (exact) mass is 427 g/mol. The van der Waals surface area contributed by atoms with Crippen molar-refractivity contribution in [2.45, 2.75) is 38.5 Å². The molecular formula is C26H22ClN3O. The van der Waals surface area contributed by atoms with Crippen LogP contribution in [0.15, 0.2) is 54.7 Å². The van der Waals surface area contributed by atoms with Crippen LogP contribution in [-0.2, 0) is 6.42 Å². The van der Waals surface area contributed by atoms with Gasteiger partial charge in [0, 0.05) is 27.7 Å². The third-order valence-electron chi connectivity index (χ3n) is 6.79. The molecule has 0 bridgehead atoms. The first-order chi connectivity index (χ1) is 15.2. The van der Waals surface area contributed by atoms with Crippen molar-refractivity contribution in [2.24, 2.45) is 5.92 Å². The van der Waals surface area contributed by atoms with Gasteiger partial charge in [-0.1, -0.05) is 61.5 Å². The largest absolute Gasteiger partial charge is 0.288 e. The fourth-order valence-electron chi connectivity index (χ4n) is 5.25. The van der Waals surface area contributed by atoms with Crippen LogP contribution >= 0.6 is 11.6 Å². The van der Waals surface area contributed by atoms with E-state index in [9.17, 15) is 4.79 Å². The maximum Gasteiger partial charge on any atom is 0.197 e. The number of ketones is 1. The van der Waals surface area contributed by atoms with Gasteiger partial charge in [-0.2, -0.15) is 5.10 Å². The molecule has 0 spiro atoms. The number of carbonyl (C=O) groups is 1. The van der Waals surface area contributed by atoms with Crippen LogP contribution in [0.5, 0.6) is 0 Å². The second-order valence-electron chi connectivity index (χ2n) is 8.64. The van der Waals surface area contributed by atoms with Crippen LogP contribution < -0.4 is 0 Å². The molecule has 2 aliphatic rings. The first-order valence-corrected chi connectivity index (χ1v) is 11.4. The molecule has 0 amide bonds. The molecule has 2 aromatic carbocycles. The van der Waals surface area contributed by atoms with Crippen molar-refractivity contribution in [3.05, 3.63) is 76.6 Å². The summed E-state index contributed by atoms with van der Waals surface area (Å²) >= 11 is 6.20. The molecule has 0 atom stereocenters. The van der Waals surface area contributed by atoms with E-state index in [2.05, 4.69) is 4.98 Å². The predicted molar refractivity (Wildman–Crippen MR) is 123 cm³/mol. The minimum Gasteiger partial charge on any atom is -0.288 e. The summed E-state index contributed by atoms with van der Waals surface area (Å²) in [7, 11) is 0. The van der Waals surface area contributed by atoms with E-state index in [-0.39, 0.29) is 5.78 Å². The van der Waals surface area contributed by atoms with Crippen molar-refractivity contribution >= 4 is 28.3 Å². The molecule has 2 aromatic heterocycles. The maximum atomic E-state index is 13.4. The van der Waals surface area contributed by atoms with Gasteiger partial charge in [0.25, 0.3) is 0 Å². The molecule has 31 heavy (non-hydrogen) atoms. The summed E-state index contributed by atoms with van der Waals surface area (Å²) in [6.45, 7) is 0. The van der Waals surface area contributed by atoms with E-state index in [4.69, 9.17) is 16.7 Å². The highest BCUT2D eigenvalue weighted by Gasteiger charge is 2.35. The van der Waals surface area contributed by atoms with Gasteiger partial charge in [-0.15, -0.1) is 0 Å². The number of fused-ring (bicyclic) bond motifs is 4. The second-order valence-corrected chi connectivity index (χ2v) is 9.07. The molecule has 0 saturated heterocycles. The Kier molecular flexibility index (Phi) is 4.43. The van der Waals surface area contributed by atoms with E-state index >= 15 is 0 Å². The summed E-state index contributed by atoms with van der Waals surface area (Å²) < 4.78 is 1.96. The zero-order valence-electron chi connectivity index (χ0n) is 17.1. The standard InChI is InChI=1S/C26H22ClN3O/c27-17-10-11-20-22(15-17)28-14-13-23(20)30-25-18-7-3-4-8-19(18)26(31)24(25)21(29-30)12-9-16-5-1-2-6-16/h3-4,7-8,10-11,13-16H,1-2,5-6,9,12H2. The third-order valence-corrected chi connectivity index (χ3v) is 7.02. The number of nitrogens with zero attached hydrogens (tertiary/aromatic N) is 3. The second kappa shape index (κ2) is 7.31. The lowest BCUT2D eigenvalue weighted by atomic mass is 9.98. The third kappa shape index (κ3) is 3.01. The summed E-state index contributed by atoms with van der Waals surface area (Å²) in [5.41, 5.74) is 6.08. The molecule has 154 valence electrons. The van der Waals surface area contributed by atoms with Crippen LogP contribution in [0.4, 0.5) is 0 Å². The van der Waals surface area contributed by atoms with E-state index in [1.807, 2.05) is 53.2 Å². The van der Waals surface area contributed by atoms with Gasteiger partial charge in [-0.05, 0) is 43.0 Å². The van der Waals surface area contributed by atoms with E-state index in [1.54, 1.807) is 6.20 Å². The summed E-state index contributed by atoms with van der Waals surface area (Å²) in [5, 5.41) is 6.64. The molecule has 0 N–H and O–H groups in total. The van der Waals surface area contributed by atoms with E-state index in [0.29, 0.717) is 5.02 Å². The van der Waals surface area contributed by atoms with Crippen LogP contribution in [0.1, 0.15) is 53.7 Å². The topological polar surface area (TPSA) is 47.8 Å². The number of benzene rings is 2. The normalized spacial score (nSPS) is 15.6. The lowest BCUT2D eigenvalue weighted by Crippen LogP contribution is -2.05. The molecule has 1 fully saturated rings. The highest BCUT2D eigenvalue weighted by Crippen LogP contribution is 2.41. The zero-order chi connectivity index (χ0) is 20.9. The van der Waals surface area contributed by atoms with Crippen LogP contribution in [-0.4, -0.2) is 20.5 Å². The number of pyridine rings is 1. The smallest absolute Gasteiger partial charge is 0.197 e. The number of aryl methyl sites for hydroxylation is 1. The number of aromatic nitrogens is 3. The Bertz CT molecular complexity index is 1330. The van der Waals surface area contributed by atoms with Crippen molar-refractivity contribution in [3.63, 3.8) is 0 Å². The Hall–Kier alpha value is -2.98. The average Bonchev–Trinajstić information content (AvgIpc) is 3.50. The zero-order valence-corrected chi connectivity index (χ0v) is 17.9. The van der Waals surface area contributed by atoms with Gasteiger partial charge >= 0.3 is 0 Å². The fourth-order valence-corrected chi connectivity index (χ4v) is 5.42. The Morgan fingerprint density at radius 2 is 1.84 bits per heavy atom. The lowest BCUT2D eigenvalue weighted by Gasteiger charge is -2.10. The van der Waals surface area contributed by atoms with Gasteiger partial charge in [0.05, 0.1) is 28.2 Å². The minimum atomic E-state index is 0.0969. The molecule has 0 radical (unpaired) electrons. The number of carbonyl (C=O) groups excluding carboxylic acids is 1. The first-order valence-electron chi connectivity index (χ1n) is 11.0. The predicted octanol–water partition coefficient (Wildman–Crippen LogP) is 6.41. The van der Waals surface area contributed by atoms with Gasteiger partial charge < -0.3 is 0 Å². The minimum absolute atomic E-state index is 0.0969. The molecular weight excluding hydrogens is 406 g/mol. The molecule has 4 aromatic rings.